The van der Waals surface area contributed by atoms with Gasteiger partial charge in [0.05, 0.1) is 45.5 Å². The van der Waals surface area contributed by atoms with Gasteiger partial charge in [-0.05, 0) is 25.0 Å². The van der Waals surface area contributed by atoms with Crippen molar-refractivity contribution in [3.05, 3.63) is 24.3 Å². The van der Waals surface area contributed by atoms with Crippen LogP contribution in [-0.4, -0.2) is 80.2 Å². The summed E-state index contributed by atoms with van der Waals surface area (Å²) in [6.07, 6.45) is 0.720. The lowest BCUT2D eigenvalue weighted by Gasteiger charge is -2.37. The van der Waals surface area contributed by atoms with Gasteiger partial charge in [0.25, 0.3) is 0 Å². The minimum atomic E-state index is -0.553. The minimum Gasteiger partial charge on any atom is -0.497 e. The summed E-state index contributed by atoms with van der Waals surface area (Å²) in [6, 6.07) is 6.33. The maximum Gasteiger partial charge on any atom is 0.319 e. The standard InChI is InChI=1S/C20H29N3O6/c1-27-15-4-2-3-14(11-15)21-20(26)22-17-6-5-16(29-18(17)13-24)12-19(25)23-7-9-28-10-8-23/h2-4,11,16-18,24H,5-10,12-13H2,1H3,(H2,21,22,26)/t16-,17+,18-/m0/s1. The second-order valence-electron chi connectivity index (χ2n) is 7.19. The molecule has 3 rings (SSSR count). The quantitative estimate of drug-likeness (QED) is 0.649. The third-order valence-electron chi connectivity index (χ3n) is 5.21. The lowest BCUT2D eigenvalue weighted by molar-refractivity contribution is -0.143. The Morgan fingerprint density at radius 3 is 2.79 bits per heavy atom. The number of amides is 3. The van der Waals surface area contributed by atoms with Crippen molar-refractivity contribution in [2.75, 3.05) is 45.3 Å². The number of aliphatic hydroxyl groups is 1. The lowest BCUT2D eigenvalue weighted by atomic mass is 9.97. The first kappa shape index (κ1) is 21.4. The smallest absolute Gasteiger partial charge is 0.319 e. The van der Waals surface area contributed by atoms with Crippen LogP contribution in [-0.2, 0) is 14.3 Å². The molecule has 2 aliphatic heterocycles. The van der Waals surface area contributed by atoms with Gasteiger partial charge in [0, 0.05) is 24.8 Å². The van der Waals surface area contributed by atoms with Gasteiger partial charge in [0.2, 0.25) is 5.91 Å². The molecule has 0 radical (unpaired) electrons. The highest BCUT2D eigenvalue weighted by atomic mass is 16.5. The summed E-state index contributed by atoms with van der Waals surface area (Å²) in [4.78, 5) is 26.5. The molecule has 29 heavy (non-hydrogen) atoms. The van der Waals surface area contributed by atoms with Crippen LogP contribution >= 0.6 is 0 Å². The fourth-order valence-corrected chi connectivity index (χ4v) is 3.62. The van der Waals surface area contributed by atoms with E-state index in [9.17, 15) is 14.7 Å². The highest BCUT2D eigenvalue weighted by molar-refractivity contribution is 5.89. The first-order chi connectivity index (χ1) is 14.1. The molecule has 2 saturated heterocycles. The molecule has 3 amide bonds. The van der Waals surface area contributed by atoms with Gasteiger partial charge in [0.1, 0.15) is 11.9 Å². The number of carbonyl (C=O) groups is 2. The maximum atomic E-state index is 12.4. The molecule has 160 valence electrons. The average Bonchev–Trinajstić information content (AvgIpc) is 2.75. The molecular formula is C20H29N3O6. The lowest BCUT2D eigenvalue weighted by Crippen LogP contribution is -2.52. The third-order valence-corrected chi connectivity index (χ3v) is 5.21. The molecule has 2 aliphatic rings. The zero-order chi connectivity index (χ0) is 20.6. The number of hydrogen-bond donors (Lipinski definition) is 3. The Kier molecular flexibility index (Phi) is 7.68. The van der Waals surface area contributed by atoms with Crippen LogP contribution in [0, 0.1) is 0 Å². The van der Waals surface area contributed by atoms with Gasteiger partial charge in [-0.2, -0.15) is 0 Å². The van der Waals surface area contributed by atoms with Crippen LogP contribution < -0.4 is 15.4 Å². The number of hydrogen-bond acceptors (Lipinski definition) is 6. The number of morpholine rings is 1. The monoisotopic (exact) mass is 407 g/mol. The van der Waals surface area contributed by atoms with E-state index < -0.39 is 6.10 Å². The minimum absolute atomic E-state index is 0.0390. The van der Waals surface area contributed by atoms with Gasteiger partial charge in [-0.1, -0.05) is 6.07 Å². The van der Waals surface area contributed by atoms with E-state index in [0.717, 1.165) is 0 Å². The summed E-state index contributed by atoms with van der Waals surface area (Å²) < 4.78 is 16.3. The average molecular weight is 407 g/mol. The molecule has 0 saturated carbocycles. The van der Waals surface area contributed by atoms with Crippen molar-refractivity contribution in [1.29, 1.82) is 0 Å². The Labute approximate surface area is 170 Å². The van der Waals surface area contributed by atoms with E-state index >= 15 is 0 Å². The number of aliphatic hydroxyl groups excluding tert-OH is 1. The number of rotatable bonds is 6. The van der Waals surface area contributed by atoms with Crippen molar-refractivity contribution in [2.24, 2.45) is 0 Å². The van der Waals surface area contributed by atoms with E-state index in [4.69, 9.17) is 14.2 Å². The zero-order valence-corrected chi connectivity index (χ0v) is 16.6. The van der Waals surface area contributed by atoms with E-state index in [1.165, 1.54) is 0 Å². The van der Waals surface area contributed by atoms with E-state index in [0.29, 0.717) is 50.6 Å². The van der Waals surface area contributed by atoms with Crippen LogP contribution in [0.4, 0.5) is 10.5 Å². The molecule has 2 heterocycles. The first-order valence-corrected chi connectivity index (χ1v) is 9.92. The van der Waals surface area contributed by atoms with Gasteiger partial charge >= 0.3 is 6.03 Å². The molecule has 0 bridgehead atoms. The second kappa shape index (κ2) is 10.4. The van der Waals surface area contributed by atoms with Crippen LogP contribution in [0.5, 0.6) is 5.75 Å². The highest BCUT2D eigenvalue weighted by Gasteiger charge is 2.33. The highest BCUT2D eigenvalue weighted by Crippen LogP contribution is 2.23. The van der Waals surface area contributed by atoms with E-state index in [1.54, 1.807) is 36.3 Å². The largest absolute Gasteiger partial charge is 0.497 e. The van der Waals surface area contributed by atoms with Gasteiger partial charge in [-0.25, -0.2) is 4.79 Å². The molecule has 9 heteroatoms. The Balaban J connectivity index is 1.48. The van der Waals surface area contributed by atoms with Gasteiger partial charge in [-0.3, -0.25) is 4.79 Å². The number of nitrogens with zero attached hydrogens (tertiary/aromatic N) is 1. The predicted molar refractivity (Wildman–Crippen MR) is 106 cm³/mol. The molecule has 0 aromatic heterocycles. The van der Waals surface area contributed by atoms with Crippen LogP contribution in [0.25, 0.3) is 0 Å². The summed E-state index contributed by atoms with van der Waals surface area (Å²) in [5.41, 5.74) is 0.605. The van der Waals surface area contributed by atoms with Crippen LogP contribution in [0.2, 0.25) is 0 Å². The number of methoxy groups -OCH3 is 1. The van der Waals surface area contributed by atoms with Crippen LogP contribution in [0.3, 0.4) is 0 Å². The second-order valence-corrected chi connectivity index (χ2v) is 7.19. The summed E-state index contributed by atoms with van der Waals surface area (Å²) in [6.45, 7) is 2.09. The zero-order valence-electron chi connectivity index (χ0n) is 16.6. The van der Waals surface area contributed by atoms with Crippen molar-refractivity contribution in [2.45, 2.75) is 37.5 Å². The van der Waals surface area contributed by atoms with E-state index in [2.05, 4.69) is 10.6 Å². The van der Waals surface area contributed by atoms with E-state index in [-0.39, 0.29) is 37.1 Å². The molecule has 3 N–H and O–H groups in total. The number of nitrogens with one attached hydrogen (secondary N) is 2. The molecule has 2 fully saturated rings. The van der Waals surface area contributed by atoms with Crippen molar-refractivity contribution >= 4 is 17.6 Å². The summed E-state index contributed by atoms with van der Waals surface area (Å²) >= 11 is 0. The molecule has 1 aromatic carbocycles. The predicted octanol–water partition coefficient (Wildman–Crippen LogP) is 0.974. The van der Waals surface area contributed by atoms with Gasteiger partial charge in [-0.15, -0.1) is 0 Å². The summed E-state index contributed by atoms with van der Waals surface area (Å²) in [5, 5.41) is 15.3. The third kappa shape index (κ3) is 6.06. The number of benzene rings is 1. The normalized spacial score (nSPS) is 24.6. The summed E-state index contributed by atoms with van der Waals surface area (Å²) in [7, 11) is 1.56. The van der Waals surface area contributed by atoms with Crippen LogP contribution in [0.1, 0.15) is 19.3 Å². The van der Waals surface area contributed by atoms with Crippen molar-refractivity contribution in [3.63, 3.8) is 0 Å². The Morgan fingerprint density at radius 2 is 2.07 bits per heavy atom. The molecule has 9 nitrogen and oxygen atoms in total. The SMILES string of the molecule is COc1cccc(NC(=O)N[C@@H]2CC[C@@H](CC(=O)N3CCOCC3)O[C@H]2CO)c1. The number of urea groups is 1. The Bertz CT molecular complexity index is 695. The number of ether oxygens (including phenoxy) is 3. The first-order valence-electron chi connectivity index (χ1n) is 9.92. The van der Waals surface area contributed by atoms with Crippen molar-refractivity contribution in [3.8, 4) is 5.75 Å². The van der Waals surface area contributed by atoms with Gasteiger partial charge < -0.3 is 34.9 Å². The number of carbonyl (C=O) groups excluding carboxylic acids is 2. The molecule has 0 unspecified atom stereocenters. The fourth-order valence-electron chi connectivity index (χ4n) is 3.62. The topological polar surface area (TPSA) is 109 Å². The number of anilines is 1. The van der Waals surface area contributed by atoms with Gasteiger partial charge in [0.15, 0.2) is 0 Å². The maximum absolute atomic E-state index is 12.4. The molecular weight excluding hydrogens is 378 g/mol. The Hall–Kier alpha value is -2.36. The molecule has 0 spiro atoms. The van der Waals surface area contributed by atoms with Crippen molar-refractivity contribution in [1.82, 2.24) is 10.2 Å². The molecule has 1 aromatic rings. The summed E-state index contributed by atoms with van der Waals surface area (Å²) in [5.74, 6) is 0.682. The molecule has 0 aliphatic carbocycles. The Morgan fingerprint density at radius 1 is 1.28 bits per heavy atom. The fraction of sp³-hybridized carbons (Fsp3) is 0.600. The molecule has 3 atom stereocenters. The van der Waals surface area contributed by atoms with Crippen LogP contribution in [0.15, 0.2) is 24.3 Å². The van der Waals surface area contributed by atoms with Crippen molar-refractivity contribution < 1.29 is 28.9 Å². The van der Waals surface area contributed by atoms with E-state index in [1.807, 2.05) is 0 Å².